The average Bonchev–Trinajstić information content (AvgIpc) is 3.55. The summed E-state index contributed by atoms with van der Waals surface area (Å²) in [6.45, 7) is 5.02. The number of halogens is 2. The maximum atomic E-state index is 15.3. The van der Waals surface area contributed by atoms with E-state index in [2.05, 4.69) is 31.9 Å². The number of piperidine rings is 1. The molecule has 212 valence electrons. The Balaban J connectivity index is 1.14. The van der Waals surface area contributed by atoms with E-state index in [0.717, 1.165) is 18.5 Å². The minimum atomic E-state index is -0.919. The summed E-state index contributed by atoms with van der Waals surface area (Å²) in [7, 11) is 0. The average molecular weight is 569 g/mol. The van der Waals surface area contributed by atoms with Crippen LogP contribution in [0, 0.1) is 12.7 Å². The Bertz CT molecular complexity index is 1860. The number of fused-ring (bicyclic) bond motifs is 4. The van der Waals surface area contributed by atoms with Crippen molar-refractivity contribution in [1.82, 2.24) is 34.4 Å². The van der Waals surface area contributed by atoms with E-state index in [1.807, 2.05) is 19.1 Å². The number of rotatable bonds is 6. The predicted molar refractivity (Wildman–Crippen MR) is 151 cm³/mol. The molecule has 3 atom stereocenters. The van der Waals surface area contributed by atoms with Gasteiger partial charge in [-0.3, -0.25) is 4.79 Å². The lowest BCUT2D eigenvalue weighted by Gasteiger charge is -2.38. The van der Waals surface area contributed by atoms with Crippen LogP contribution in [0.25, 0.3) is 16.7 Å². The smallest absolute Gasteiger partial charge is 0.282 e. The van der Waals surface area contributed by atoms with Gasteiger partial charge in [0.15, 0.2) is 17.3 Å². The molecule has 6 heterocycles. The van der Waals surface area contributed by atoms with Gasteiger partial charge in [0.2, 0.25) is 0 Å². The number of benzene rings is 1. The highest BCUT2D eigenvalue weighted by Crippen LogP contribution is 2.43. The third-order valence-electron chi connectivity index (χ3n) is 8.12. The minimum Gasteiger partial charge on any atom is -0.457 e. The zero-order chi connectivity index (χ0) is 29.0. The van der Waals surface area contributed by atoms with Gasteiger partial charge in [-0.1, -0.05) is 6.58 Å². The molecule has 5 aromatic rings. The monoisotopic (exact) mass is 568 g/mol. The lowest BCUT2D eigenvalue weighted by molar-refractivity contribution is -0.133. The van der Waals surface area contributed by atoms with E-state index in [0.29, 0.717) is 52.4 Å². The van der Waals surface area contributed by atoms with Crippen LogP contribution >= 0.6 is 0 Å². The number of pyridine rings is 2. The number of anilines is 2. The number of nitrogens with zero attached hydrogens (tertiary/aromatic N) is 7. The summed E-state index contributed by atoms with van der Waals surface area (Å²) in [6.07, 6.45) is 7.60. The molecule has 7 rings (SSSR count). The Morgan fingerprint density at radius 3 is 2.67 bits per heavy atom. The van der Waals surface area contributed by atoms with Gasteiger partial charge in [0.1, 0.15) is 35.5 Å². The molecule has 0 saturated carbocycles. The van der Waals surface area contributed by atoms with Gasteiger partial charge in [0.05, 0.1) is 11.2 Å². The highest BCUT2D eigenvalue weighted by molar-refractivity contribution is 5.91. The summed E-state index contributed by atoms with van der Waals surface area (Å²) >= 11 is 0. The molecule has 2 fully saturated rings. The first kappa shape index (κ1) is 25.9. The van der Waals surface area contributed by atoms with Crippen molar-refractivity contribution in [3.8, 4) is 11.5 Å². The fourth-order valence-electron chi connectivity index (χ4n) is 6.15. The largest absolute Gasteiger partial charge is 0.457 e. The molecule has 42 heavy (non-hydrogen) atoms. The number of hydrogen-bond donors (Lipinski definition) is 1. The summed E-state index contributed by atoms with van der Waals surface area (Å²) in [6, 6.07) is 10.1. The quantitative estimate of drug-likeness (QED) is 0.257. The van der Waals surface area contributed by atoms with Crippen molar-refractivity contribution in [2.45, 2.75) is 50.6 Å². The molecule has 0 radical (unpaired) electrons. The number of aryl methyl sites for hydroxylation is 1. The molecule has 0 spiro atoms. The van der Waals surface area contributed by atoms with Crippen molar-refractivity contribution in [3.63, 3.8) is 0 Å². The molecule has 4 aromatic heterocycles. The Hall–Kier alpha value is -5.00. The van der Waals surface area contributed by atoms with Gasteiger partial charge in [-0.25, -0.2) is 33.2 Å². The van der Waals surface area contributed by atoms with E-state index < -0.39 is 17.6 Å². The number of aromatic nitrogens is 6. The van der Waals surface area contributed by atoms with Gasteiger partial charge in [-0.05, 0) is 62.4 Å². The molecule has 2 bridgehead atoms. The standard InChI is InChI=1S/C30H26F2N8O2/c1-16-9-25(22(32)13-26(16)42-21-7-8-39-27(12-21)34-15-36-39)38-29-28-24(33-14-35-29)6-5-23(37-28)18-10-19-3-4-20(11-18)40(19)30(41)17(2)31/h5-9,12-15,18-20H,2-4,10-11H2,1H3,(H,33,35,38)/t18?,19-,20+. The van der Waals surface area contributed by atoms with Crippen LogP contribution in [0.3, 0.4) is 0 Å². The first-order valence-electron chi connectivity index (χ1n) is 13.7. The first-order valence-corrected chi connectivity index (χ1v) is 13.7. The van der Waals surface area contributed by atoms with Crippen LogP contribution in [-0.2, 0) is 4.79 Å². The Kier molecular flexibility index (Phi) is 6.25. The van der Waals surface area contributed by atoms with Crippen molar-refractivity contribution in [3.05, 3.63) is 84.7 Å². The van der Waals surface area contributed by atoms with E-state index in [-0.39, 0.29) is 23.7 Å². The molecule has 1 N–H and O–H groups in total. The van der Waals surface area contributed by atoms with Crippen LogP contribution in [0.15, 0.2) is 67.7 Å². The van der Waals surface area contributed by atoms with Crippen molar-refractivity contribution >= 4 is 34.1 Å². The van der Waals surface area contributed by atoms with E-state index in [1.165, 1.54) is 18.7 Å². The van der Waals surface area contributed by atoms with Crippen LogP contribution in [0.5, 0.6) is 11.5 Å². The van der Waals surface area contributed by atoms with Crippen molar-refractivity contribution in [2.24, 2.45) is 0 Å². The second-order valence-electron chi connectivity index (χ2n) is 10.7. The summed E-state index contributed by atoms with van der Waals surface area (Å²) in [5.41, 5.74) is 3.51. The molecule has 10 nitrogen and oxygen atoms in total. The van der Waals surface area contributed by atoms with Gasteiger partial charge >= 0.3 is 0 Å². The highest BCUT2D eigenvalue weighted by Gasteiger charge is 2.44. The number of carbonyl (C=O) groups excluding carboxylic acids is 1. The summed E-state index contributed by atoms with van der Waals surface area (Å²) in [5.74, 6) is -0.721. The van der Waals surface area contributed by atoms with E-state index >= 15 is 4.39 Å². The summed E-state index contributed by atoms with van der Waals surface area (Å²) < 4.78 is 36.5. The molecule has 2 saturated heterocycles. The maximum absolute atomic E-state index is 15.3. The molecule has 12 heteroatoms. The van der Waals surface area contributed by atoms with Gasteiger partial charge in [-0.2, -0.15) is 5.10 Å². The van der Waals surface area contributed by atoms with Gasteiger partial charge in [0.25, 0.3) is 5.91 Å². The second-order valence-corrected chi connectivity index (χ2v) is 10.7. The molecular weight excluding hydrogens is 542 g/mol. The lowest BCUT2D eigenvalue weighted by atomic mass is 9.87. The zero-order valence-electron chi connectivity index (χ0n) is 22.7. The van der Waals surface area contributed by atoms with Crippen LogP contribution in [-0.4, -0.2) is 52.4 Å². The maximum Gasteiger partial charge on any atom is 0.282 e. The molecule has 1 amide bonds. The fourth-order valence-corrected chi connectivity index (χ4v) is 6.15. The molecule has 0 aliphatic carbocycles. The fraction of sp³-hybridized carbons (Fsp3) is 0.267. The van der Waals surface area contributed by atoms with Gasteiger partial charge < -0.3 is 15.0 Å². The third kappa shape index (κ3) is 4.58. The van der Waals surface area contributed by atoms with Crippen LogP contribution in [0.4, 0.5) is 20.3 Å². The molecule has 1 aromatic carbocycles. The number of ether oxygens (including phenoxy) is 1. The normalized spacial score (nSPS) is 19.8. The zero-order valence-corrected chi connectivity index (χ0v) is 22.7. The SMILES string of the molecule is C=C(F)C(=O)N1[C@@H]2CC[C@H]1CC(c1ccc3ncnc(Nc4cc(C)c(Oc5ccn6ncnc6c5)cc4F)c3n1)C2. The number of carbonyl (C=O) groups is 1. The Morgan fingerprint density at radius 1 is 1.07 bits per heavy atom. The van der Waals surface area contributed by atoms with Crippen molar-refractivity contribution in [2.75, 3.05) is 5.32 Å². The Labute approximate surface area is 239 Å². The van der Waals surface area contributed by atoms with Gasteiger partial charge in [-0.15, -0.1) is 0 Å². The van der Waals surface area contributed by atoms with Crippen LogP contribution in [0.1, 0.15) is 42.9 Å². The van der Waals surface area contributed by atoms with Gasteiger partial charge in [0, 0.05) is 42.0 Å². The predicted octanol–water partition coefficient (Wildman–Crippen LogP) is 5.77. The highest BCUT2D eigenvalue weighted by atomic mass is 19.1. The van der Waals surface area contributed by atoms with Crippen molar-refractivity contribution < 1.29 is 18.3 Å². The lowest BCUT2D eigenvalue weighted by Crippen LogP contribution is -2.46. The first-order chi connectivity index (χ1) is 20.3. The van der Waals surface area contributed by atoms with Crippen molar-refractivity contribution in [1.29, 1.82) is 0 Å². The molecule has 1 unspecified atom stereocenters. The summed E-state index contributed by atoms with van der Waals surface area (Å²) in [4.78, 5) is 31.8. The number of hydrogen-bond acceptors (Lipinski definition) is 8. The van der Waals surface area contributed by atoms with E-state index in [9.17, 15) is 9.18 Å². The minimum absolute atomic E-state index is 0.0491. The van der Waals surface area contributed by atoms with Crippen LogP contribution in [0.2, 0.25) is 0 Å². The number of nitrogens with one attached hydrogen (secondary N) is 1. The second kappa shape index (κ2) is 10.1. The van der Waals surface area contributed by atoms with E-state index in [4.69, 9.17) is 9.72 Å². The Morgan fingerprint density at radius 2 is 1.88 bits per heavy atom. The summed E-state index contributed by atoms with van der Waals surface area (Å²) in [5, 5.41) is 7.16. The molecule has 2 aliphatic heterocycles. The topological polar surface area (TPSA) is 110 Å². The molecule has 2 aliphatic rings. The number of amides is 1. The van der Waals surface area contributed by atoms with E-state index in [1.54, 1.807) is 33.8 Å². The molecular formula is C30H26F2N8O2. The van der Waals surface area contributed by atoms with Crippen LogP contribution < -0.4 is 10.1 Å². The third-order valence-corrected chi connectivity index (χ3v) is 8.12.